The van der Waals surface area contributed by atoms with Gasteiger partial charge in [-0.1, -0.05) is 37.3 Å². The number of aliphatic hydroxyl groups excluding tert-OH is 1. The van der Waals surface area contributed by atoms with E-state index in [0.717, 1.165) is 11.3 Å². The predicted octanol–water partition coefficient (Wildman–Crippen LogP) is 2.23. The summed E-state index contributed by atoms with van der Waals surface area (Å²) in [6, 6.07) is 9.30. The van der Waals surface area contributed by atoms with Crippen molar-refractivity contribution < 1.29 is 9.90 Å². The molecule has 0 aliphatic carbocycles. The van der Waals surface area contributed by atoms with E-state index in [4.69, 9.17) is 5.11 Å². The molecular formula is C12H16O2S. The summed E-state index contributed by atoms with van der Waals surface area (Å²) in [6.45, 7) is 2.16. The largest absolute Gasteiger partial charge is 0.396 e. The molecule has 0 radical (unpaired) electrons. The Morgan fingerprint density at radius 1 is 1.40 bits per heavy atom. The van der Waals surface area contributed by atoms with Gasteiger partial charge in [0, 0.05) is 12.2 Å². The maximum Gasteiger partial charge on any atom is 0.172 e. The first-order valence-corrected chi connectivity index (χ1v) is 6.16. The van der Waals surface area contributed by atoms with Gasteiger partial charge in [0.25, 0.3) is 0 Å². The predicted molar refractivity (Wildman–Crippen MR) is 64.3 cm³/mol. The summed E-state index contributed by atoms with van der Waals surface area (Å²) in [6.07, 6.45) is 0. The van der Waals surface area contributed by atoms with Gasteiger partial charge < -0.3 is 5.11 Å². The Bertz CT molecular complexity index is 298. The molecule has 15 heavy (non-hydrogen) atoms. The number of rotatable bonds is 6. The van der Waals surface area contributed by atoms with Gasteiger partial charge in [0.05, 0.1) is 5.75 Å². The first-order chi connectivity index (χ1) is 7.24. The van der Waals surface area contributed by atoms with Gasteiger partial charge in [-0.05, 0) is 11.7 Å². The molecule has 1 aromatic carbocycles. The molecule has 1 rings (SSSR count). The molecule has 1 atom stereocenters. The average molecular weight is 224 g/mol. The number of benzene rings is 1. The van der Waals surface area contributed by atoms with Gasteiger partial charge in [-0.2, -0.15) is 11.8 Å². The second-order valence-electron chi connectivity index (χ2n) is 3.59. The lowest BCUT2D eigenvalue weighted by molar-refractivity contribution is 0.102. The van der Waals surface area contributed by atoms with Crippen LogP contribution in [0, 0.1) is 5.92 Å². The lowest BCUT2D eigenvalue weighted by atomic mass is 10.2. The lowest BCUT2D eigenvalue weighted by Crippen LogP contribution is -2.07. The molecule has 0 saturated carbocycles. The van der Waals surface area contributed by atoms with E-state index in [-0.39, 0.29) is 18.3 Å². The Labute approximate surface area is 94.7 Å². The van der Waals surface area contributed by atoms with E-state index >= 15 is 0 Å². The number of carbonyl (C=O) groups is 1. The van der Waals surface area contributed by atoms with Crippen molar-refractivity contribution in [1.29, 1.82) is 0 Å². The van der Waals surface area contributed by atoms with E-state index < -0.39 is 0 Å². The normalized spacial score (nSPS) is 12.4. The van der Waals surface area contributed by atoms with Crippen LogP contribution in [0.2, 0.25) is 0 Å². The van der Waals surface area contributed by atoms with Crippen molar-refractivity contribution in [2.75, 3.05) is 18.1 Å². The zero-order valence-electron chi connectivity index (χ0n) is 8.85. The molecule has 1 N–H and O–H groups in total. The Balaban J connectivity index is 2.31. The summed E-state index contributed by atoms with van der Waals surface area (Å²) in [5.41, 5.74) is 0.765. The van der Waals surface area contributed by atoms with Crippen LogP contribution in [-0.4, -0.2) is 29.0 Å². The zero-order chi connectivity index (χ0) is 11.1. The number of aliphatic hydroxyl groups is 1. The number of ketones is 1. The van der Waals surface area contributed by atoms with Crippen molar-refractivity contribution in [3.05, 3.63) is 35.9 Å². The molecule has 0 fully saturated rings. The van der Waals surface area contributed by atoms with Gasteiger partial charge in [-0.3, -0.25) is 4.79 Å². The van der Waals surface area contributed by atoms with Crippen LogP contribution in [0.25, 0.3) is 0 Å². The van der Waals surface area contributed by atoms with Gasteiger partial charge in [0.2, 0.25) is 0 Å². The Hall–Kier alpha value is -0.800. The molecule has 0 heterocycles. The Morgan fingerprint density at radius 2 is 2.07 bits per heavy atom. The highest BCUT2D eigenvalue weighted by Crippen LogP contribution is 2.10. The Morgan fingerprint density at radius 3 is 2.67 bits per heavy atom. The van der Waals surface area contributed by atoms with Gasteiger partial charge in [0.1, 0.15) is 0 Å². The monoisotopic (exact) mass is 224 g/mol. The maximum atomic E-state index is 11.6. The summed E-state index contributed by atoms with van der Waals surface area (Å²) in [5.74, 6) is 1.74. The molecular weight excluding hydrogens is 208 g/mol. The van der Waals surface area contributed by atoms with E-state index in [1.54, 1.807) is 11.8 Å². The minimum absolute atomic E-state index is 0.158. The van der Waals surface area contributed by atoms with Crippen LogP contribution in [0.4, 0.5) is 0 Å². The number of hydrogen-bond acceptors (Lipinski definition) is 3. The van der Waals surface area contributed by atoms with Crippen molar-refractivity contribution in [3.8, 4) is 0 Å². The van der Waals surface area contributed by atoms with Crippen LogP contribution >= 0.6 is 11.8 Å². The fourth-order valence-corrected chi connectivity index (χ4v) is 2.09. The first kappa shape index (κ1) is 12.3. The average Bonchev–Trinajstić information content (AvgIpc) is 2.29. The fourth-order valence-electron chi connectivity index (χ4n) is 1.11. The molecule has 82 valence electrons. The standard InChI is InChI=1S/C12H16O2S/c1-10(7-13)8-15-9-12(14)11-5-3-2-4-6-11/h2-6,10,13H,7-9H2,1H3. The SMILES string of the molecule is CC(CO)CSCC(=O)c1ccccc1. The molecule has 0 aliphatic rings. The van der Waals surface area contributed by atoms with Gasteiger partial charge in [-0.15, -0.1) is 0 Å². The summed E-state index contributed by atoms with van der Waals surface area (Å²) in [4.78, 5) is 11.6. The highest BCUT2D eigenvalue weighted by Gasteiger charge is 2.06. The lowest BCUT2D eigenvalue weighted by Gasteiger charge is -2.06. The quantitative estimate of drug-likeness (QED) is 0.753. The molecule has 0 bridgehead atoms. The first-order valence-electron chi connectivity index (χ1n) is 5.01. The molecule has 0 amide bonds. The van der Waals surface area contributed by atoms with Crippen molar-refractivity contribution in [2.45, 2.75) is 6.92 Å². The fraction of sp³-hybridized carbons (Fsp3) is 0.417. The van der Waals surface area contributed by atoms with E-state index in [2.05, 4.69) is 0 Å². The molecule has 0 spiro atoms. The third-order valence-corrected chi connectivity index (χ3v) is 3.31. The van der Waals surface area contributed by atoms with Crippen LogP contribution in [0.15, 0.2) is 30.3 Å². The van der Waals surface area contributed by atoms with Crippen molar-refractivity contribution in [2.24, 2.45) is 5.92 Å². The van der Waals surface area contributed by atoms with E-state index in [9.17, 15) is 4.79 Å². The van der Waals surface area contributed by atoms with Crippen molar-refractivity contribution in [3.63, 3.8) is 0 Å². The maximum absolute atomic E-state index is 11.6. The van der Waals surface area contributed by atoms with Gasteiger partial charge in [-0.25, -0.2) is 0 Å². The summed E-state index contributed by atoms with van der Waals surface area (Å²) < 4.78 is 0. The third kappa shape index (κ3) is 4.49. The number of thioether (sulfide) groups is 1. The minimum atomic E-state index is 0.158. The van der Waals surface area contributed by atoms with Crippen LogP contribution in [-0.2, 0) is 0 Å². The summed E-state index contributed by atoms with van der Waals surface area (Å²) in [5, 5.41) is 8.82. The van der Waals surface area contributed by atoms with Crippen LogP contribution in [0.3, 0.4) is 0 Å². The van der Waals surface area contributed by atoms with E-state index in [1.165, 1.54) is 0 Å². The van der Waals surface area contributed by atoms with Crippen LogP contribution in [0.1, 0.15) is 17.3 Å². The second-order valence-corrected chi connectivity index (χ2v) is 4.62. The van der Waals surface area contributed by atoms with Crippen LogP contribution < -0.4 is 0 Å². The molecule has 1 unspecified atom stereocenters. The topological polar surface area (TPSA) is 37.3 Å². The molecule has 2 nitrogen and oxygen atoms in total. The molecule has 0 aromatic heterocycles. The summed E-state index contributed by atoms with van der Waals surface area (Å²) in [7, 11) is 0. The highest BCUT2D eigenvalue weighted by atomic mass is 32.2. The van der Waals surface area contributed by atoms with Crippen molar-refractivity contribution in [1.82, 2.24) is 0 Å². The van der Waals surface area contributed by atoms with Gasteiger partial charge >= 0.3 is 0 Å². The molecule has 0 aliphatic heterocycles. The number of Topliss-reactive ketones (excluding diaryl/α,β-unsaturated/α-hetero) is 1. The minimum Gasteiger partial charge on any atom is -0.396 e. The van der Waals surface area contributed by atoms with Crippen LogP contribution in [0.5, 0.6) is 0 Å². The smallest absolute Gasteiger partial charge is 0.172 e. The molecule has 1 aromatic rings. The van der Waals surface area contributed by atoms with E-state index in [0.29, 0.717) is 5.75 Å². The highest BCUT2D eigenvalue weighted by molar-refractivity contribution is 7.99. The second kappa shape index (κ2) is 6.64. The van der Waals surface area contributed by atoms with Gasteiger partial charge in [0.15, 0.2) is 5.78 Å². The number of carbonyl (C=O) groups excluding carboxylic acids is 1. The Kier molecular flexibility index (Phi) is 5.43. The third-order valence-electron chi connectivity index (χ3n) is 2.04. The van der Waals surface area contributed by atoms with E-state index in [1.807, 2.05) is 37.3 Å². The molecule has 3 heteroatoms. The number of hydrogen-bond donors (Lipinski definition) is 1. The summed E-state index contributed by atoms with van der Waals surface area (Å²) >= 11 is 1.58. The van der Waals surface area contributed by atoms with Crippen molar-refractivity contribution >= 4 is 17.5 Å². The molecule has 0 saturated heterocycles. The zero-order valence-corrected chi connectivity index (χ0v) is 9.67.